The summed E-state index contributed by atoms with van der Waals surface area (Å²) in [6, 6.07) is 29.1. The lowest BCUT2D eigenvalue weighted by molar-refractivity contribution is 0.563. The summed E-state index contributed by atoms with van der Waals surface area (Å²) in [7, 11) is 0. The quantitative estimate of drug-likeness (QED) is 0.156. The Morgan fingerprint density at radius 3 is 2.55 bits per heavy atom. The van der Waals surface area contributed by atoms with Crippen LogP contribution in [0.25, 0.3) is 50.8 Å². The van der Waals surface area contributed by atoms with Gasteiger partial charge in [-0.3, -0.25) is 0 Å². The number of hydrogen-bond acceptors (Lipinski definition) is 6. The number of rotatable bonds is 5. The van der Waals surface area contributed by atoms with Gasteiger partial charge in [0, 0.05) is 32.6 Å². The van der Waals surface area contributed by atoms with Gasteiger partial charge in [-0.15, -0.1) is 11.3 Å². The zero-order valence-electron chi connectivity index (χ0n) is 19.7. The lowest BCUT2D eigenvalue weighted by Gasteiger charge is -2.01. The van der Waals surface area contributed by atoms with Crippen LogP contribution in [0.15, 0.2) is 110 Å². The number of para-hydroxylation sites is 1. The summed E-state index contributed by atoms with van der Waals surface area (Å²) in [4.78, 5) is 17.3. The zero-order valence-corrected chi connectivity index (χ0v) is 22.1. The third-order valence-electron chi connectivity index (χ3n) is 5.94. The van der Waals surface area contributed by atoms with Crippen LogP contribution in [0.2, 0.25) is 0 Å². The number of halogens is 1. The molecule has 0 bridgehead atoms. The van der Waals surface area contributed by atoms with E-state index in [1.54, 1.807) is 28.3 Å². The standard InChI is InChI=1S/C30H17BrN4O2S/c31-23-11-12-27-20(14-23)15-25(30(36)37-27)26-18-38-29(33-26)21(16-32)13-22-17-35(24-9-5-2-6-10-24)34-28(22)19-7-3-1-4-8-19/h1-15,17-18H/b21-13+. The minimum absolute atomic E-state index is 0.345. The van der Waals surface area contributed by atoms with Gasteiger partial charge in [0.1, 0.15) is 16.7 Å². The van der Waals surface area contributed by atoms with Crippen LogP contribution in [-0.2, 0) is 0 Å². The second-order valence-electron chi connectivity index (χ2n) is 8.42. The predicted molar refractivity (Wildman–Crippen MR) is 154 cm³/mol. The molecule has 0 atom stereocenters. The van der Waals surface area contributed by atoms with Crippen molar-refractivity contribution < 1.29 is 4.42 Å². The zero-order chi connectivity index (χ0) is 26.1. The summed E-state index contributed by atoms with van der Waals surface area (Å²) in [5.74, 6) is 0. The molecule has 6 aromatic rings. The SMILES string of the molecule is N#C/C(=C\c1cn(-c2ccccc2)nc1-c1ccccc1)c1nc(-c2cc3cc(Br)ccc3oc2=O)cs1. The Kier molecular flexibility index (Phi) is 6.30. The van der Waals surface area contributed by atoms with Crippen molar-refractivity contribution in [1.82, 2.24) is 14.8 Å². The van der Waals surface area contributed by atoms with E-state index in [4.69, 9.17) is 9.52 Å². The first-order valence-electron chi connectivity index (χ1n) is 11.6. The molecule has 38 heavy (non-hydrogen) atoms. The van der Waals surface area contributed by atoms with E-state index < -0.39 is 5.63 Å². The highest BCUT2D eigenvalue weighted by molar-refractivity contribution is 9.10. The van der Waals surface area contributed by atoms with Gasteiger partial charge in [0.2, 0.25) is 0 Å². The van der Waals surface area contributed by atoms with Crippen molar-refractivity contribution in [1.29, 1.82) is 5.26 Å². The van der Waals surface area contributed by atoms with Crippen LogP contribution in [0, 0.1) is 11.3 Å². The molecular weight excluding hydrogens is 560 g/mol. The van der Waals surface area contributed by atoms with Gasteiger partial charge >= 0.3 is 5.63 Å². The highest BCUT2D eigenvalue weighted by atomic mass is 79.9. The van der Waals surface area contributed by atoms with Crippen LogP contribution in [0.1, 0.15) is 10.6 Å². The molecule has 6 rings (SSSR count). The molecule has 0 spiro atoms. The number of nitrogens with zero attached hydrogens (tertiary/aromatic N) is 4. The highest BCUT2D eigenvalue weighted by Gasteiger charge is 2.16. The van der Waals surface area contributed by atoms with E-state index in [0.717, 1.165) is 32.4 Å². The smallest absolute Gasteiger partial charge is 0.345 e. The number of nitriles is 1. The first-order valence-corrected chi connectivity index (χ1v) is 13.3. The molecule has 6 nitrogen and oxygen atoms in total. The molecule has 3 heterocycles. The number of hydrogen-bond donors (Lipinski definition) is 0. The molecule has 0 unspecified atom stereocenters. The monoisotopic (exact) mass is 576 g/mol. The average Bonchev–Trinajstić information content (AvgIpc) is 3.60. The van der Waals surface area contributed by atoms with E-state index in [2.05, 4.69) is 27.0 Å². The fourth-order valence-electron chi connectivity index (χ4n) is 4.12. The van der Waals surface area contributed by atoms with Crippen molar-refractivity contribution in [2.75, 3.05) is 0 Å². The van der Waals surface area contributed by atoms with E-state index in [0.29, 0.717) is 27.4 Å². The topological polar surface area (TPSA) is 84.7 Å². The maximum absolute atomic E-state index is 12.7. The molecule has 0 fully saturated rings. The highest BCUT2D eigenvalue weighted by Crippen LogP contribution is 2.31. The summed E-state index contributed by atoms with van der Waals surface area (Å²) in [5.41, 5.74) is 4.58. The van der Waals surface area contributed by atoms with Gasteiger partial charge in [-0.2, -0.15) is 10.4 Å². The summed E-state index contributed by atoms with van der Waals surface area (Å²) in [6.45, 7) is 0. The third kappa shape index (κ3) is 4.61. The molecule has 3 aromatic carbocycles. The van der Waals surface area contributed by atoms with Crippen LogP contribution in [0.4, 0.5) is 0 Å². The maximum Gasteiger partial charge on any atom is 0.345 e. The van der Waals surface area contributed by atoms with Crippen LogP contribution < -0.4 is 5.63 Å². The Hall–Kier alpha value is -4.58. The second-order valence-corrected chi connectivity index (χ2v) is 10.2. The Bertz CT molecular complexity index is 1920. The van der Waals surface area contributed by atoms with Gasteiger partial charge in [-0.05, 0) is 42.5 Å². The summed E-state index contributed by atoms with van der Waals surface area (Å²) in [5, 5.41) is 17.9. The fraction of sp³-hybridized carbons (Fsp3) is 0. The average molecular weight is 577 g/mol. The number of benzene rings is 3. The van der Waals surface area contributed by atoms with Gasteiger partial charge < -0.3 is 4.42 Å². The van der Waals surface area contributed by atoms with Gasteiger partial charge in [0.05, 0.1) is 28.2 Å². The number of fused-ring (bicyclic) bond motifs is 1. The van der Waals surface area contributed by atoms with Crippen LogP contribution in [0.3, 0.4) is 0 Å². The molecule has 0 aliphatic carbocycles. The van der Waals surface area contributed by atoms with Crippen LogP contribution in [0.5, 0.6) is 0 Å². The van der Waals surface area contributed by atoms with Crippen molar-refractivity contribution in [3.05, 3.63) is 122 Å². The molecule has 0 aliphatic heterocycles. The third-order valence-corrected chi connectivity index (χ3v) is 7.30. The fourth-order valence-corrected chi connectivity index (χ4v) is 5.28. The van der Waals surface area contributed by atoms with Gasteiger partial charge in [0.15, 0.2) is 0 Å². The number of allylic oxidation sites excluding steroid dienone is 1. The van der Waals surface area contributed by atoms with Crippen molar-refractivity contribution >= 4 is 49.9 Å². The predicted octanol–water partition coefficient (Wildman–Crippen LogP) is 7.60. The van der Waals surface area contributed by atoms with E-state index in [-0.39, 0.29) is 0 Å². The van der Waals surface area contributed by atoms with E-state index in [1.807, 2.05) is 79.0 Å². The van der Waals surface area contributed by atoms with E-state index in [1.165, 1.54) is 11.3 Å². The normalized spacial score (nSPS) is 11.5. The van der Waals surface area contributed by atoms with Gasteiger partial charge in [0.25, 0.3) is 0 Å². The molecular formula is C30H17BrN4O2S. The molecule has 0 aliphatic rings. The Balaban J connectivity index is 1.43. The first kappa shape index (κ1) is 23.8. The van der Waals surface area contributed by atoms with Crippen molar-refractivity contribution in [2.45, 2.75) is 0 Å². The maximum atomic E-state index is 12.7. The summed E-state index contributed by atoms with van der Waals surface area (Å²) in [6.07, 6.45) is 3.69. The minimum Gasteiger partial charge on any atom is -0.422 e. The Labute approximate surface area is 229 Å². The Morgan fingerprint density at radius 1 is 1.03 bits per heavy atom. The molecule has 0 amide bonds. The lowest BCUT2D eigenvalue weighted by atomic mass is 10.1. The summed E-state index contributed by atoms with van der Waals surface area (Å²) < 4.78 is 8.18. The molecule has 3 aromatic heterocycles. The number of aromatic nitrogens is 3. The molecule has 8 heteroatoms. The molecule has 0 N–H and O–H groups in total. The molecule has 0 saturated heterocycles. The van der Waals surface area contributed by atoms with Gasteiger partial charge in [-0.25, -0.2) is 14.5 Å². The first-order chi connectivity index (χ1) is 18.6. The molecule has 0 radical (unpaired) electrons. The van der Waals surface area contributed by atoms with Crippen LogP contribution >= 0.6 is 27.3 Å². The Morgan fingerprint density at radius 2 is 1.79 bits per heavy atom. The lowest BCUT2D eigenvalue weighted by Crippen LogP contribution is -2.02. The van der Waals surface area contributed by atoms with Crippen molar-refractivity contribution in [3.63, 3.8) is 0 Å². The summed E-state index contributed by atoms with van der Waals surface area (Å²) >= 11 is 4.75. The van der Waals surface area contributed by atoms with Gasteiger partial charge in [-0.1, -0.05) is 64.5 Å². The van der Waals surface area contributed by atoms with Crippen molar-refractivity contribution in [2.24, 2.45) is 0 Å². The van der Waals surface area contributed by atoms with Crippen molar-refractivity contribution in [3.8, 4) is 34.3 Å². The molecule has 182 valence electrons. The number of thiazole rings is 1. The van der Waals surface area contributed by atoms with E-state index in [9.17, 15) is 10.1 Å². The molecule has 0 saturated carbocycles. The largest absolute Gasteiger partial charge is 0.422 e. The van der Waals surface area contributed by atoms with E-state index >= 15 is 0 Å². The second kappa shape index (κ2) is 10.1. The van der Waals surface area contributed by atoms with Crippen LogP contribution in [-0.4, -0.2) is 14.8 Å². The minimum atomic E-state index is -0.477.